The number of hydrogen-bond acceptors (Lipinski definition) is 5. The SMILES string of the molecule is CC(C)(C)c1cc(CCC(=O)N/N=C/c2cccc([N+](=O)[O-])c2)cc(C(C)(C)C)c1O. The molecule has 0 aromatic heterocycles. The number of carbonyl (C=O) groups excluding carboxylic acids is 1. The number of amides is 1. The van der Waals surface area contributed by atoms with Gasteiger partial charge in [-0.15, -0.1) is 0 Å². The highest BCUT2D eigenvalue weighted by Crippen LogP contribution is 2.39. The van der Waals surface area contributed by atoms with Crippen LogP contribution in [-0.2, 0) is 22.0 Å². The Labute approximate surface area is 183 Å². The molecule has 0 unspecified atom stereocenters. The number of phenolic OH excluding ortho intramolecular Hbond substituents is 1. The molecule has 0 aliphatic rings. The van der Waals surface area contributed by atoms with E-state index in [0.717, 1.165) is 16.7 Å². The van der Waals surface area contributed by atoms with E-state index in [1.165, 1.54) is 18.3 Å². The fourth-order valence-electron chi connectivity index (χ4n) is 3.19. The molecule has 0 atom stereocenters. The monoisotopic (exact) mass is 425 g/mol. The van der Waals surface area contributed by atoms with Crippen LogP contribution in [0.2, 0.25) is 0 Å². The van der Waals surface area contributed by atoms with E-state index in [1.807, 2.05) is 53.7 Å². The zero-order chi connectivity index (χ0) is 23.4. The molecule has 0 radical (unpaired) electrons. The molecular formula is C24H31N3O4. The number of nitrogens with zero attached hydrogens (tertiary/aromatic N) is 2. The molecule has 1 amide bonds. The van der Waals surface area contributed by atoms with E-state index >= 15 is 0 Å². The van der Waals surface area contributed by atoms with Crippen LogP contribution in [-0.4, -0.2) is 22.2 Å². The third-order valence-corrected chi connectivity index (χ3v) is 4.91. The second-order valence-electron chi connectivity index (χ2n) is 9.68. The molecule has 2 aromatic rings. The van der Waals surface area contributed by atoms with Crippen molar-refractivity contribution in [3.63, 3.8) is 0 Å². The third-order valence-electron chi connectivity index (χ3n) is 4.91. The van der Waals surface area contributed by atoms with Gasteiger partial charge in [0.1, 0.15) is 5.75 Å². The Morgan fingerprint density at radius 2 is 1.68 bits per heavy atom. The molecule has 0 aliphatic carbocycles. The number of nitro benzene ring substituents is 1. The molecule has 0 spiro atoms. The van der Waals surface area contributed by atoms with Crippen molar-refractivity contribution in [1.82, 2.24) is 5.43 Å². The molecule has 2 aromatic carbocycles. The number of nitro groups is 1. The van der Waals surface area contributed by atoms with Gasteiger partial charge in [-0.25, -0.2) is 5.43 Å². The van der Waals surface area contributed by atoms with Gasteiger partial charge in [0.15, 0.2) is 0 Å². The van der Waals surface area contributed by atoms with Crippen molar-refractivity contribution in [3.05, 3.63) is 68.8 Å². The number of hydrazone groups is 1. The summed E-state index contributed by atoms with van der Waals surface area (Å²) in [5.74, 6) is 0.0547. The molecule has 0 bridgehead atoms. The number of aryl methyl sites for hydroxylation is 1. The molecule has 7 nitrogen and oxygen atoms in total. The number of carbonyl (C=O) groups is 1. The number of benzene rings is 2. The molecule has 166 valence electrons. The first-order valence-electron chi connectivity index (χ1n) is 10.2. The predicted octanol–water partition coefficient (Wildman–Crippen LogP) is 4.98. The lowest BCUT2D eigenvalue weighted by atomic mass is 9.78. The summed E-state index contributed by atoms with van der Waals surface area (Å²) in [6.45, 7) is 12.3. The molecule has 0 saturated heterocycles. The van der Waals surface area contributed by atoms with E-state index < -0.39 is 4.92 Å². The summed E-state index contributed by atoms with van der Waals surface area (Å²) in [4.78, 5) is 22.6. The Bertz CT molecular complexity index is 964. The number of phenols is 1. The summed E-state index contributed by atoms with van der Waals surface area (Å²) in [6, 6.07) is 9.93. The maximum atomic E-state index is 12.2. The van der Waals surface area contributed by atoms with Gasteiger partial charge >= 0.3 is 0 Å². The number of nitrogens with one attached hydrogen (secondary N) is 1. The fraction of sp³-hybridized carbons (Fsp3) is 0.417. The average Bonchev–Trinajstić information content (AvgIpc) is 2.65. The maximum Gasteiger partial charge on any atom is 0.270 e. The van der Waals surface area contributed by atoms with Gasteiger partial charge in [-0.3, -0.25) is 14.9 Å². The van der Waals surface area contributed by atoms with Crippen LogP contribution in [0.4, 0.5) is 5.69 Å². The first-order chi connectivity index (χ1) is 14.3. The van der Waals surface area contributed by atoms with Crippen molar-refractivity contribution >= 4 is 17.8 Å². The summed E-state index contributed by atoms with van der Waals surface area (Å²) >= 11 is 0. The van der Waals surface area contributed by atoms with Crippen LogP contribution in [0.15, 0.2) is 41.5 Å². The summed E-state index contributed by atoms with van der Waals surface area (Å²) in [7, 11) is 0. The van der Waals surface area contributed by atoms with Crippen molar-refractivity contribution < 1.29 is 14.8 Å². The van der Waals surface area contributed by atoms with Gasteiger partial charge in [-0.2, -0.15) is 5.10 Å². The van der Waals surface area contributed by atoms with Gasteiger partial charge in [0.05, 0.1) is 11.1 Å². The second-order valence-corrected chi connectivity index (χ2v) is 9.68. The molecule has 0 aliphatic heterocycles. The normalized spacial score (nSPS) is 12.2. The van der Waals surface area contributed by atoms with Crippen LogP contribution in [0, 0.1) is 10.1 Å². The van der Waals surface area contributed by atoms with Gasteiger partial charge in [0, 0.05) is 24.1 Å². The molecular weight excluding hydrogens is 394 g/mol. The number of rotatable bonds is 6. The minimum atomic E-state index is -0.481. The van der Waals surface area contributed by atoms with Crippen LogP contribution in [0.3, 0.4) is 0 Å². The first kappa shape index (κ1) is 24.1. The van der Waals surface area contributed by atoms with Crippen LogP contribution in [0.5, 0.6) is 5.75 Å². The van der Waals surface area contributed by atoms with Gasteiger partial charge in [0.2, 0.25) is 5.91 Å². The standard InChI is InChI=1S/C24H31N3O4/c1-23(2,3)19-13-16(14-20(22(19)29)24(4,5)6)10-11-21(28)26-25-15-17-8-7-9-18(12-17)27(30)31/h7-9,12-15,29H,10-11H2,1-6H3,(H,26,28)/b25-15+. The van der Waals surface area contributed by atoms with Crippen molar-refractivity contribution in [2.45, 2.75) is 65.2 Å². The lowest BCUT2D eigenvalue weighted by Crippen LogP contribution is -2.20. The topological polar surface area (TPSA) is 105 Å². The van der Waals surface area contributed by atoms with E-state index in [1.54, 1.807) is 12.1 Å². The second kappa shape index (κ2) is 9.29. The van der Waals surface area contributed by atoms with Gasteiger partial charge in [-0.05, 0) is 33.9 Å². The Balaban J connectivity index is 2.09. The Hall–Kier alpha value is -3.22. The Morgan fingerprint density at radius 3 is 2.19 bits per heavy atom. The quantitative estimate of drug-likeness (QED) is 0.387. The van der Waals surface area contributed by atoms with E-state index in [9.17, 15) is 20.0 Å². The zero-order valence-electron chi connectivity index (χ0n) is 19.0. The fourth-order valence-corrected chi connectivity index (χ4v) is 3.19. The van der Waals surface area contributed by atoms with E-state index in [4.69, 9.17) is 0 Å². The van der Waals surface area contributed by atoms with E-state index in [2.05, 4.69) is 10.5 Å². The number of non-ortho nitro benzene ring substituents is 1. The van der Waals surface area contributed by atoms with Crippen molar-refractivity contribution in [1.29, 1.82) is 0 Å². The van der Waals surface area contributed by atoms with Gasteiger partial charge in [0.25, 0.3) is 5.69 Å². The van der Waals surface area contributed by atoms with Crippen molar-refractivity contribution in [2.75, 3.05) is 0 Å². The minimum Gasteiger partial charge on any atom is -0.507 e. The van der Waals surface area contributed by atoms with E-state index in [0.29, 0.717) is 17.7 Å². The maximum absolute atomic E-state index is 12.2. The average molecular weight is 426 g/mol. The molecule has 7 heteroatoms. The third kappa shape index (κ3) is 6.64. The van der Waals surface area contributed by atoms with Crippen LogP contribution in [0.25, 0.3) is 0 Å². The summed E-state index contributed by atoms with van der Waals surface area (Å²) in [5, 5.41) is 25.5. The van der Waals surface area contributed by atoms with Crippen LogP contribution < -0.4 is 5.43 Å². The zero-order valence-corrected chi connectivity index (χ0v) is 19.0. The highest BCUT2D eigenvalue weighted by molar-refractivity contribution is 5.83. The Kier molecular flexibility index (Phi) is 7.21. The highest BCUT2D eigenvalue weighted by Gasteiger charge is 2.26. The minimum absolute atomic E-state index is 0.0353. The number of hydrogen-bond donors (Lipinski definition) is 2. The van der Waals surface area contributed by atoms with Crippen molar-refractivity contribution in [3.8, 4) is 5.75 Å². The number of aromatic hydroxyl groups is 1. The van der Waals surface area contributed by atoms with Crippen LogP contribution >= 0.6 is 0 Å². The Morgan fingerprint density at radius 1 is 1.10 bits per heavy atom. The van der Waals surface area contributed by atoms with E-state index in [-0.39, 0.29) is 28.8 Å². The lowest BCUT2D eigenvalue weighted by molar-refractivity contribution is -0.384. The predicted molar refractivity (Wildman–Crippen MR) is 123 cm³/mol. The summed E-state index contributed by atoms with van der Waals surface area (Å²) in [6.07, 6.45) is 2.11. The molecule has 2 N–H and O–H groups in total. The largest absolute Gasteiger partial charge is 0.507 e. The molecule has 0 heterocycles. The smallest absolute Gasteiger partial charge is 0.270 e. The van der Waals surface area contributed by atoms with Gasteiger partial charge in [-0.1, -0.05) is 65.8 Å². The molecule has 0 fully saturated rings. The van der Waals surface area contributed by atoms with Gasteiger partial charge < -0.3 is 5.11 Å². The summed E-state index contributed by atoms with van der Waals surface area (Å²) in [5.41, 5.74) is 5.19. The summed E-state index contributed by atoms with van der Waals surface area (Å²) < 4.78 is 0. The highest BCUT2D eigenvalue weighted by atomic mass is 16.6. The molecule has 31 heavy (non-hydrogen) atoms. The lowest BCUT2D eigenvalue weighted by Gasteiger charge is -2.28. The van der Waals surface area contributed by atoms with Crippen LogP contribution in [0.1, 0.15) is 70.2 Å². The van der Waals surface area contributed by atoms with Crippen molar-refractivity contribution in [2.24, 2.45) is 5.10 Å². The molecule has 2 rings (SSSR count). The first-order valence-corrected chi connectivity index (χ1v) is 10.2. The molecule has 0 saturated carbocycles.